The van der Waals surface area contributed by atoms with E-state index in [1.54, 1.807) is 0 Å². The summed E-state index contributed by atoms with van der Waals surface area (Å²) in [6.45, 7) is 2.30. The van der Waals surface area contributed by atoms with Crippen molar-refractivity contribution >= 4 is 0 Å². The van der Waals surface area contributed by atoms with E-state index in [1.165, 1.54) is 0 Å². The van der Waals surface area contributed by atoms with Gasteiger partial charge in [-0.1, -0.05) is 0 Å². The molecule has 0 unspecified atom stereocenters. The van der Waals surface area contributed by atoms with Crippen LogP contribution in [0.25, 0.3) is 0 Å². The Kier molecular flexibility index (Phi) is 2.49. The smallest absolute Gasteiger partial charge is 0.0930 e. The highest BCUT2D eigenvalue weighted by Crippen LogP contribution is 2.00. The highest BCUT2D eigenvalue weighted by atomic mass is 16.5. The van der Waals surface area contributed by atoms with Gasteiger partial charge in [-0.05, 0) is 0 Å². The molecule has 0 aliphatic carbocycles. The summed E-state index contributed by atoms with van der Waals surface area (Å²) in [5, 5.41) is 8.41. The van der Waals surface area contributed by atoms with Crippen LogP contribution in [0.5, 0.6) is 0 Å². The summed E-state index contributed by atoms with van der Waals surface area (Å²) in [4.78, 5) is 0. The van der Waals surface area contributed by atoms with Gasteiger partial charge in [0.25, 0.3) is 0 Å². The third kappa shape index (κ3) is 2.00. The molecule has 1 aliphatic rings. The van der Waals surface area contributed by atoms with Crippen molar-refractivity contribution in [2.75, 3.05) is 26.4 Å². The van der Waals surface area contributed by atoms with Crippen LogP contribution in [0.1, 0.15) is 0 Å². The Morgan fingerprint density at radius 1 is 1.22 bits per heavy atom. The van der Waals surface area contributed by atoms with Gasteiger partial charge in [0, 0.05) is 0 Å². The highest BCUT2D eigenvalue weighted by Gasteiger charge is 2.10. The molecule has 1 aliphatic heterocycles. The Morgan fingerprint density at radius 3 is 2.22 bits per heavy atom. The van der Waals surface area contributed by atoms with E-state index < -0.39 is 0 Å². The van der Waals surface area contributed by atoms with Gasteiger partial charge in [-0.15, -0.1) is 0 Å². The van der Waals surface area contributed by atoms with Gasteiger partial charge in [0.1, 0.15) is 0 Å². The lowest BCUT2D eigenvalue weighted by atomic mass is 10.2. The van der Waals surface area contributed by atoms with Crippen LogP contribution in [-0.4, -0.2) is 26.4 Å². The summed E-state index contributed by atoms with van der Waals surface area (Å²) in [7, 11) is 0. The van der Waals surface area contributed by atoms with Gasteiger partial charge in [0.2, 0.25) is 0 Å². The second kappa shape index (κ2) is 3.44. The van der Waals surface area contributed by atoms with E-state index in [1.807, 2.05) is 0 Å². The second-order valence-corrected chi connectivity index (χ2v) is 1.98. The van der Waals surface area contributed by atoms with Crippen LogP contribution >= 0.6 is 0 Å². The molecule has 0 atom stereocenters. The molecule has 0 N–H and O–H groups in total. The second-order valence-electron chi connectivity index (χ2n) is 1.98. The topological polar surface area (TPSA) is 42.2 Å². The monoisotopic (exact) mass is 127 g/mol. The Morgan fingerprint density at radius 2 is 1.78 bits per heavy atom. The lowest BCUT2D eigenvalue weighted by molar-refractivity contribution is 0.103. The summed E-state index contributed by atoms with van der Waals surface area (Å²) in [6, 6.07) is 2.09. The van der Waals surface area contributed by atoms with Crippen LogP contribution in [0.4, 0.5) is 0 Å². The van der Waals surface area contributed by atoms with Gasteiger partial charge in [-0.25, -0.2) is 0 Å². The van der Waals surface area contributed by atoms with Crippen molar-refractivity contribution in [2.45, 2.75) is 0 Å². The number of rotatable bonds is 0. The number of nitrogens with zero attached hydrogens (tertiary/aromatic N) is 1. The number of ether oxygens (including phenoxy) is 2. The molecule has 0 aromatic carbocycles. The lowest BCUT2D eigenvalue weighted by Crippen LogP contribution is -2.08. The third-order valence-corrected chi connectivity index (χ3v) is 1.19. The summed E-state index contributed by atoms with van der Waals surface area (Å²) in [6.07, 6.45) is 0. The summed E-state index contributed by atoms with van der Waals surface area (Å²) in [5.74, 6) is -0.0625. The molecule has 50 valence electrons. The Labute approximate surface area is 54.2 Å². The van der Waals surface area contributed by atoms with E-state index in [-0.39, 0.29) is 5.92 Å². The molecule has 0 radical (unpaired) electrons. The van der Waals surface area contributed by atoms with Gasteiger partial charge >= 0.3 is 0 Å². The molecular weight excluding hydrogens is 118 g/mol. The first-order valence-corrected chi connectivity index (χ1v) is 2.98. The normalized spacial score (nSPS) is 22.6. The van der Waals surface area contributed by atoms with Crippen LogP contribution in [0.15, 0.2) is 0 Å². The zero-order chi connectivity index (χ0) is 6.53. The number of hydrogen-bond donors (Lipinski definition) is 0. The quantitative estimate of drug-likeness (QED) is 0.466. The average molecular weight is 127 g/mol. The van der Waals surface area contributed by atoms with Crippen molar-refractivity contribution in [3.63, 3.8) is 0 Å². The molecule has 0 bridgehead atoms. The molecule has 0 saturated carbocycles. The van der Waals surface area contributed by atoms with E-state index in [0.29, 0.717) is 26.4 Å². The minimum atomic E-state index is -0.0625. The van der Waals surface area contributed by atoms with Crippen molar-refractivity contribution in [3.05, 3.63) is 0 Å². The van der Waals surface area contributed by atoms with Crippen molar-refractivity contribution in [1.29, 1.82) is 5.26 Å². The predicted molar refractivity (Wildman–Crippen MR) is 30.7 cm³/mol. The van der Waals surface area contributed by atoms with E-state index in [4.69, 9.17) is 14.7 Å². The number of nitriles is 1. The largest absolute Gasteiger partial charge is 0.378 e. The van der Waals surface area contributed by atoms with Gasteiger partial charge in [-0.3, -0.25) is 0 Å². The van der Waals surface area contributed by atoms with Crippen molar-refractivity contribution in [1.82, 2.24) is 0 Å². The summed E-state index contributed by atoms with van der Waals surface area (Å²) >= 11 is 0. The average Bonchev–Trinajstić information content (AvgIpc) is 2.13. The standard InChI is InChI=1S/C6H9NO2/c7-3-6-4-8-1-2-9-5-6/h6H,1-2,4-5H2. The SMILES string of the molecule is N#CC1COCCOC1. The molecule has 1 fully saturated rings. The molecule has 0 aromatic rings. The first-order chi connectivity index (χ1) is 4.43. The minimum Gasteiger partial charge on any atom is -0.378 e. The van der Waals surface area contributed by atoms with E-state index in [2.05, 4.69) is 6.07 Å². The maximum atomic E-state index is 8.41. The van der Waals surface area contributed by atoms with E-state index in [0.717, 1.165) is 0 Å². The summed E-state index contributed by atoms with van der Waals surface area (Å²) < 4.78 is 10.1. The highest BCUT2D eigenvalue weighted by molar-refractivity contribution is 4.82. The fraction of sp³-hybridized carbons (Fsp3) is 0.833. The Hall–Kier alpha value is -0.590. The first-order valence-electron chi connectivity index (χ1n) is 2.98. The fourth-order valence-corrected chi connectivity index (χ4v) is 0.692. The lowest BCUT2D eigenvalue weighted by Gasteiger charge is -1.99. The predicted octanol–water partition coefficient (Wildman–Crippen LogP) is 0.173. The van der Waals surface area contributed by atoms with Crippen LogP contribution in [0.2, 0.25) is 0 Å². The number of hydrogen-bond acceptors (Lipinski definition) is 3. The van der Waals surface area contributed by atoms with Crippen LogP contribution < -0.4 is 0 Å². The van der Waals surface area contributed by atoms with Crippen molar-refractivity contribution in [2.24, 2.45) is 5.92 Å². The van der Waals surface area contributed by atoms with E-state index >= 15 is 0 Å². The molecule has 9 heavy (non-hydrogen) atoms. The maximum absolute atomic E-state index is 8.41. The van der Waals surface area contributed by atoms with Crippen LogP contribution in [-0.2, 0) is 9.47 Å². The molecule has 0 aromatic heterocycles. The molecule has 1 heterocycles. The van der Waals surface area contributed by atoms with Gasteiger partial charge in [0.05, 0.1) is 38.4 Å². The third-order valence-electron chi connectivity index (χ3n) is 1.19. The Bertz CT molecular complexity index is 111. The minimum absolute atomic E-state index is 0.0625. The van der Waals surface area contributed by atoms with Gasteiger partial charge in [0.15, 0.2) is 0 Å². The molecule has 3 heteroatoms. The molecule has 3 nitrogen and oxygen atoms in total. The Balaban J connectivity index is 2.29. The molecule has 1 rings (SSSR count). The molecule has 1 saturated heterocycles. The molecule has 0 spiro atoms. The first kappa shape index (κ1) is 6.53. The summed E-state index contributed by atoms with van der Waals surface area (Å²) in [5.41, 5.74) is 0. The van der Waals surface area contributed by atoms with Crippen molar-refractivity contribution in [3.8, 4) is 6.07 Å². The fourth-order valence-electron chi connectivity index (χ4n) is 0.692. The van der Waals surface area contributed by atoms with Gasteiger partial charge < -0.3 is 9.47 Å². The molecular formula is C6H9NO2. The van der Waals surface area contributed by atoms with E-state index in [9.17, 15) is 0 Å². The van der Waals surface area contributed by atoms with Crippen LogP contribution in [0.3, 0.4) is 0 Å². The van der Waals surface area contributed by atoms with Crippen LogP contribution in [0, 0.1) is 17.2 Å². The maximum Gasteiger partial charge on any atom is 0.0930 e. The zero-order valence-corrected chi connectivity index (χ0v) is 5.17. The van der Waals surface area contributed by atoms with Crippen molar-refractivity contribution < 1.29 is 9.47 Å². The molecule has 0 amide bonds. The zero-order valence-electron chi connectivity index (χ0n) is 5.17. The van der Waals surface area contributed by atoms with Gasteiger partial charge in [-0.2, -0.15) is 5.26 Å².